The number of pyridine rings is 1. The van der Waals surface area contributed by atoms with Gasteiger partial charge in [-0.15, -0.1) is 0 Å². The molecule has 0 bridgehead atoms. The molecule has 0 radical (unpaired) electrons. The number of phenols is 4. The van der Waals surface area contributed by atoms with Gasteiger partial charge in [-0.05, 0) is 47.3 Å². The number of aromatic nitrogens is 1. The van der Waals surface area contributed by atoms with Crippen molar-refractivity contribution < 1.29 is 34.3 Å². The van der Waals surface area contributed by atoms with Gasteiger partial charge in [-0.2, -0.15) is 0 Å². The van der Waals surface area contributed by atoms with Crippen LogP contribution in [0.5, 0.6) is 34.5 Å². The second-order valence-electron chi connectivity index (χ2n) is 8.36. The molecule has 0 saturated carbocycles. The van der Waals surface area contributed by atoms with Gasteiger partial charge in [0.2, 0.25) is 0 Å². The third kappa shape index (κ3) is 2.86. The van der Waals surface area contributed by atoms with Gasteiger partial charge in [0.1, 0.15) is 11.1 Å². The van der Waals surface area contributed by atoms with Gasteiger partial charge in [0, 0.05) is 34.0 Å². The quantitative estimate of drug-likeness (QED) is 0.206. The Balaban J connectivity index is 1.93. The standard InChI is InChI=1S/C27H19NO8/c1-34-20-4-3-13(8-22(20)35-2)23-24-15-10-18(31)19(32)11-21(15)36-27(33)26(24)28-6-5-12-7-16(29)17(30)9-14(12)25(23)28/h3-11,29-32H,1-2H3. The van der Waals surface area contributed by atoms with Crippen LogP contribution in [0, 0.1) is 0 Å². The highest BCUT2D eigenvalue weighted by Gasteiger charge is 2.24. The fourth-order valence-electron chi connectivity index (χ4n) is 4.81. The Kier molecular flexibility index (Phi) is 4.46. The molecule has 0 unspecified atom stereocenters. The van der Waals surface area contributed by atoms with E-state index in [4.69, 9.17) is 13.9 Å². The normalized spacial score (nSPS) is 11.6. The average molecular weight is 485 g/mol. The molecular weight excluding hydrogens is 466 g/mol. The summed E-state index contributed by atoms with van der Waals surface area (Å²) in [4.78, 5) is 13.3. The Bertz CT molecular complexity index is 1930. The monoisotopic (exact) mass is 485 g/mol. The number of methoxy groups -OCH3 is 2. The molecule has 6 rings (SSSR count). The minimum Gasteiger partial charge on any atom is -0.504 e. The average Bonchev–Trinajstić information content (AvgIpc) is 3.22. The molecule has 180 valence electrons. The smallest absolute Gasteiger partial charge is 0.361 e. The topological polar surface area (TPSA) is 134 Å². The van der Waals surface area contributed by atoms with Gasteiger partial charge >= 0.3 is 5.63 Å². The summed E-state index contributed by atoms with van der Waals surface area (Å²) < 4.78 is 18.1. The Hall–Kier alpha value is -5.05. The van der Waals surface area contributed by atoms with Crippen molar-refractivity contribution in [1.29, 1.82) is 0 Å². The van der Waals surface area contributed by atoms with Gasteiger partial charge in [0.25, 0.3) is 0 Å². The lowest BCUT2D eigenvalue weighted by molar-refractivity contribution is 0.355. The molecular formula is C27H19NO8. The number of ether oxygens (including phenoxy) is 2. The predicted octanol–water partition coefficient (Wildman–Crippen LogP) is 4.86. The van der Waals surface area contributed by atoms with E-state index in [1.165, 1.54) is 38.5 Å². The summed E-state index contributed by atoms with van der Waals surface area (Å²) in [7, 11) is 3.04. The number of rotatable bonds is 3. The van der Waals surface area contributed by atoms with Crippen molar-refractivity contribution in [3.8, 4) is 45.6 Å². The highest BCUT2D eigenvalue weighted by atomic mass is 16.5. The number of fused-ring (bicyclic) bond motifs is 7. The van der Waals surface area contributed by atoms with Crippen molar-refractivity contribution in [1.82, 2.24) is 4.40 Å². The zero-order valence-electron chi connectivity index (χ0n) is 19.1. The van der Waals surface area contributed by atoms with Gasteiger partial charge in [0.05, 0.1) is 19.7 Å². The van der Waals surface area contributed by atoms with Crippen molar-refractivity contribution in [3.63, 3.8) is 0 Å². The first-order valence-corrected chi connectivity index (χ1v) is 10.9. The van der Waals surface area contributed by atoms with Gasteiger partial charge in [0.15, 0.2) is 34.5 Å². The number of phenolic OH excluding ortho intramolecular Hbond substituents is 4. The molecule has 0 aliphatic carbocycles. The summed E-state index contributed by atoms with van der Waals surface area (Å²) >= 11 is 0. The molecule has 0 aliphatic heterocycles. The maximum Gasteiger partial charge on any atom is 0.361 e. The lowest BCUT2D eigenvalue weighted by Crippen LogP contribution is -2.02. The van der Waals surface area contributed by atoms with Crippen molar-refractivity contribution in [2.45, 2.75) is 0 Å². The van der Waals surface area contributed by atoms with Gasteiger partial charge in [-0.3, -0.25) is 0 Å². The summed E-state index contributed by atoms with van der Waals surface area (Å²) in [6.07, 6.45) is 1.67. The van der Waals surface area contributed by atoms with Crippen LogP contribution in [0.25, 0.3) is 49.3 Å². The Labute approximate surface area is 202 Å². The van der Waals surface area contributed by atoms with Crippen molar-refractivity contribution in [2.24, 2.45) is 0 Å². The van der Waals surface area contributed by atoms with Crippen LogP contribution in [-0.4, -0.2) is 39.0 Å². The zero-order valence-corrected chi connectivity index (χ0v) is 19.1. The van der Waals surface area contributed by atoms with Crippen LogP contribution in [0.15, 0.2) is 63.9 Å². The first-order valence-electron chi connectivity index (χ1n) is 10.9. The van der Waals surface area contributed by atoms with E-state index >= 15 is 0 Å². The molecule has 36 heavy (non-hydrogen) atoms. The molecule has 6 aromatic rings. The maximum atomic E-state index is 13.3. The predicted molar refractivity (Wildman–Crippen MR) is 134 cm³/mol. The second kappa shape index (κ2) is 7.47. The number of aromatic hydroxyl groups is 4. The van der Waals surface area contributed by atoms with Crippen molar-refractivity contribution in [3.05, 3.63) is 65.1 Å². The molecule has 0 saturated heterocycles. The third-order valence-electron chi connectivity index (χ3n) is 6.42. The Morgan fingerprint density at radius 2 is 1.42 bits per heavy atom. The number of nitrogens with zero attached hydrogens (tertiary/aromatic N) is 1. The summed E-state index contributed by atoms with van der Waals surface area (Å²) in [5, 5.41) is 42.8. The van der Waals surface area contributed by atoms with E-state index in [1.807, 2.05) is 0 Å². The van der Waals surface area contributed by atoms with E-state index in [1.54, 1.807) is 34.9 Å². The van der Waals surface area contributed by atoms with Gasteiger partial charge in [-0.1, -0.05) is 6.07 Å². The van der Waals surface area contributed by atoms with Crippen LogP contribution in [-0.2, 0) is 0 Å². The van der Waals surface area contributed by atoms with Crippen LogP contribution < -0.4 is 15.1 Å². The highest BCUT2D eigenvalue weighted by molar-refractivity contribution is 6.21. The molecule has 3 heterocycles. The molecule has 0 atom stereocenters. The molecule has 3 aromatic carbocycles. The second-order valence-corrected chi connectivity index (χ2v) is 8.36. The van der Waals surface area contributed by atoms with Gasteiger partial charge < -0.3 is 38.7 Å². The number of hydrogen-bond donors (Lipinski definition) is 4. The summed E-state index contributed by atoms with van der Waals surface area (Å²) in [5.41, 5.74) is 1.42. The van der Waals surface area contributed by atoms with Crippen LogP contribution in [0.3, 0.4) is 0 Å². The first-order chi connectivity index (χ1) is 17.3. The van der Waals surface area contributed by atoms with E-state index in [9.17, 15) is 25.2 Å². The molecule has 0 aliphatic rings. The van der Waals surface area contributed by atoms with Crippen molar-refractivity contribution in [2.75, 3.05) is 14.2 Å². The van der Waals surface area contributed by atoms with E-state index in [-0.39, 0.29) is 28.3 Å². The lowest BCUT2D eigenvalue weighted by atomic mass is 9.98. The molecule has 0 fully saturated rings. The third-order valence-corrected chi connectivity index (χ3v) is 6.42. The van der Waals surface area contributed by atoms with E-state index < -0.39 is 11.4 Å². The molecule has 4 N–H and O–H groups in total. The van der Waals surface area contributed by atoms with E-state index in [0.29, 0.717) is 49.7 Å². The summed E-state index contributed by atoms with van der Waals surface area (Å²) in [6, 6.07) is 12.4. The molecule has 9 heteroatoms. The molecule has 9 nitrogen and oxygen atoms in total. The minimum atomic E-state index is -0.660. The Morgan fingerprint density at radius 1 is 0.750 bits per heavy atom. The lowest BCUT2D eigenvalue weighted by Gasteiger charge is -2.11. The van der Waals surface area contributed by atoms with Crippen LogP contribution in [0.4, 0.5) is 0 Å². The molecule has 3 aromatic heterocycles. The maximum absolute atomic E-state index is 13.3. The summed E-state index contributed by atoms with van der Waals surface area (Å²) in [5.74, 6) is -0.435. The molecule has 0 spiro atoms. The van der Waals surface area contributed by atoms with Crippen molar-refractivity contribution >= 4 is 38.2 Å². The van der Waals surface area contributed by atoms with E-state index in [2.05, 4.69) is 0 Å². The minimum absolute atomic E-state index is 0.0882. The van der Waals surface area contributed by atoms with Gasteiger partial charge in [-0.25, -0.2) is 4.79 Å². The van der Waals surface area contributed by atoms with Crippen LogP contribution in [0.1, 0.15) is 0 Å². The largest absolute Gasteiger partial charge is 0.504 e. The van der Waals surface area contributed by atoms with E-state index in [0.717, 1.165) is 0 Å². The summed E-state index contributed by atoms with van der Waals surface area (Å²) in [6.45, 7) is 0. The van der Waals surface area contributed by atoms with Crippen LogP contribution in [0.2, 0.25) is 0 Å². The fourth-order valence-corrected chi connectivity index (χ4v) is 4.81. The zero-order chi connectivity index (χ0) is 25.3. The molecule has 0 amide bonds. The highest BCUT2D eigenvalue weighted by Crippen LogP contribution is 2.45. The SMILES string of the molecule is COc1ccc(-c2c3c4cc(O)c(O)cc4oc(=O)c3n3ccc4cc(O)c(O)cc4c23)cc1OC. The number of benzene rings is 3. The first kappa shape index (κ1) is 21.5. The Morgan fingerprint density at radius 3 is 2.14 bits per heavy atom. The fraction of sp³-hybridized carbons (Fsp3) is 0.0741. The van der Waals surface area contributed by atoms with Crippen LogP contribution >= 0.6 is 0 Å². The number of hydrogen-bond acceptors (Lipinski definition) is 8.